The van der Waals surface area contributed by atoms with Crippen molar-refractivity contribution in [2.24, 2.45) is 0 Å². The van der Waals surface area contributed by atoms with Crippen LogP contribution >= 0.6 is 0 Å². The Morgan fingerprint density at radius 3 is 2.68 bits per heavy atom. The van der Waals surface area contributed by atoms with Gasteiger partial charge in [0.1, 0.15) is 11.6 Å². The van der Waals surface area contributed by atoms with E-state index in [1.165, 1.54) is 12.5 Å². The molecule has 0 radical (unpaired) electrons. The van der Waals surface area contributed by atoms with Gasteiger partial charge in [-0.15, -0.1) is 0 Å². The van der Waals surface area contributed by atoms with Crippen molar-refractivity contribution >= 4 is 11.7 Å². The maximum Gasteiger partial charge on any atom is 0.255 e. The summed E-state index contributed by atoms with van der Waals surface area (Å²) in [5.41, 5.74) is 0.0708. The molecule has 1 amide bonds. The largest absolute Gasteiger partial charge is 0.372 e. The van der Waals surface area contributed by atoms with Gasteiger partial charge in [-0.05, 0) is 25.8 Å². The lowest BCUT2D eigenvalue weighted by Gasteiger charge is -2.34. The number of pyridine rings is 1. The van der Waals surface area contributed by atoms with E-state index in [1.807, 2.05) is 0 Å². The molecular formula is C14H20FN3O. The lowest BCUT2D eigenvalue weighted by atomic mass is 9.83. The molecule has 0 aromatic carbocycles. The van der Waals surface area contributed by atoms with E-state index >= 15 is 0 Å². The van der Waals surface area contributed by atoms with Crippen LogP contribution in [0.2, 0.25) is 0 Å². The number of halogens is 1. The lowest BCUT2D eigenvalue weighted by molar-refractivity contribution is 0.0883. The quantitative estimate of drug-likeness (QED) is 0.883. The molecule has 1 saturated carbocycles. The number of amides is 1. The van der Waals surface area contributed by atoms with E-state index in [0.717, 1.165) is 31.9 Å². The number of rotatable bonds is 3. The first-order valence-electron chi connectivity index (χ1n) is 6.70. The van der Waals surface area contributed by atoms with E-state index in [-0.39, 0.29) is 17.0 Å². The summed E-state index contributed by atoms with van der Waals surface area (Å²) < 4.78 is 13.2. The van der Waals surface area contributed by atoms with Crippen LogP contribution in [0.15, 0.2) is 12.3 Å². The fourth-order valence-corrected chi connectivity index (χ4v) is 2.61. The average Bonchev–Trinajstić information content (AvgIpc) is 2.39. The number of carbonyl (C=O) groups excluding carboxylic acids is 1. The van der Waals surface area contributed by atoms with E-state index in [2.05, 4.69) is 22.5 Å². The molecule has 0 spiro atoms. The topological polar surface area (TPSA) is 54.0 Å². The van der Waals surface area contributed by atoms with Crippen LogP contribution in [0.5, 0.6) is 0 Å². The van der Waals surface area contributed by atoms with Gasteiger partial charge in [0, 0.05) is 12.6 Å². The number of nitrogens with zero attached hydrogens (tertiary/aromatic N) is 1. The summed E-state index contributed by atoms with van der Waals surface area (Å²) in [6.07, 6.45) is 6.50. The highest BCUT2D eigenvalue weighted by Crippen LogP contribution is 2.28. The Balaban J connectivity index is 2.17. The molecule has 1 aliphatic carbocycles. The molecule has 0 bridgehead atoms. The van der Waals surface area contributed by atoms with Crippen LogP contribution in [0.3, 0.4) is 0 Å². The van der Waals surface area contributed by atoms with Gasteiger partial charge in [-0.2, -0.15) is 0 Å². The molecule has 2 rings (SSSR count). The molecule has 0 atom stereocenters. The highest BCUT2D eigenvalue weighted by Gasteiger charge is 2.29. The van der Waals surface area contributed by atoms with Gasteiger partial charge < -0.3 is 10.6 Å². The van der Waals surface area contributed by atoms with Gasteiger partial charge in [0.2, 0.25) is 0 Å². The maximum absolute atomic E-state index is 13.2. The van der Waals surface area contributed by atoms with Gasteiger partial charge in [-0.3, -0.25) is 4.79 Å². The number of hydrogen-bond donors (Lipinski definition) is 2. The minimum absolute atomic E-state index is 0.188. The van der Waals surface area contributed by atoms with Gasteiger partial charge in [-0.1, -0.05) is 19.3 Å². The second-order valence-electron chi connectivity index (χ2n) is 5.38. The third-order valence-corrected chi connectivity index (χ3v) is 3.71. The van der Waals surface area contributed by atoms with Crippen molar-refractivity contribution < 1.29 is 9.18 Å². The third-order valence-electron chi connectivity index (χ3n) is 3.71. The molecule has 4 nitrogen and oxygen atoms in total. The van der Waals surface area contributed by atoms with Gasteiger partial charge in [0.25, 0.3) is 5.91 Å². The molecular weight excluding hydrogens is 245 g/mol. The molecule has 0 unspecified atom stereocenters. The first kappa shape index (κ1) is 13.8. The molecule has 1 aromatic heterocycles. The van der Waals surface area contributed by atoms with Crippen LogP contribution in [-0.2, 0) is 0 Å². The Morgan fingerprint density at radius 1 is 1.37 bits per heavy atom. The van der Waals surface area contributed by atoms with Gasteiger partial charge in [0.15, 0.2) is 0 Å². The number of carbonyl (C=O) groups is 1. The predicted molar refractivity (Wildman–Crippen MR) is 72.7 cm³/mol. The Hall–Kier alpha value is -1.65. The van der Waals surface area contributed by atoms with E-state index in [0.29, 0.717) is 5.82 Å². The molecule has 1 heterocycles. The number of nitrogens with one attached hydrogen (secondary N) is 2. The van der Waals surface area contributed by atoms with Crippen molar-refractivity contribution in [3.05, 3.63) is 23.6 Å². The summed E-state index contributed by atoms with van der Waals surface area (Å²) >= 11 is 0. The van der Waals surface area contributed by atoms with E-state index in [1.54, 1.807) is 7.05 Å². The van der Waals surface area contributed by atoms with Crippen LogP contribution in [0.1, 0.15) is 49.4 Å². The van der Waals surface area contributed by atoms with Gasteiger partial charge in [-0.25, -0.2) is 9.37 Å². The summed E-state index contributed by atoms with van der Waals surface area (Å²) in [6.45, 7) is 2.05. The first-order chi connectivity index (χ1) is 9.04. The molecule has 2 N–H and O–H groups in total. The second-order valence-corrected chi connectivity index (χ2v) is 5.38. The smallest absolute Gasteiger partial charge is 0.255 e. The zero-order valence-corrected chi connectivity index (χ0v) is 11.4. The standard InChI is InChI=1S/C14H20FN3O/c1-14(6-4-3-5-7-14)18-13(19)11-8-10(15)9-17-12(11)16-2/h8-9H,3-7H2,1-2H3,(H,16,17)(H,18,19). The molecule has 1 aliphatic rings. The van der Waals surface area contributed by atoms with Crippen molar-refractivity contribution in [2.45, 2.75) is 44.6 Å². The normalized spacial score (nSPS) is 17.8. The highest BCUT2D eigenvalue weighted by molar-refractivity contribution is 5.99. The fraction of sp³-hybridized carbons (Fsp3) is 0.571. The fourth-order valence-electron chi connectivity index (χ4n) is 2.61. The highest BCUT2D eigenvalue weighted by atomic mass is 19.1. The number of anilines is 1. The van der Waals surface area contributed by atoms with Crippen LogP contribution in [0, 0.1) is 5.82 Å². The maximum atomic E-state index is 13.2. The van der Waals surface area contributed by atoms with E-state index < -0.39 is 5.82 Å². The summed E-state index contributed by atoms with van der Waals surface area (Å²) in [5, 5.41) is 5.84. The van der Waals surface area contributed by atoms with Crippen molar-refractivity contribution in [2.75, 3.05) is 12.4 Å². The van der Waals surface area contributed by atoms with Crippen molar-refractivity contribution in [1.82, 2.24) is 10.3 Å². The second kappa shape index (κ2) is 5.55. The van der Waals surface area contributed by atoms with Crippen molar-refractivity contribution in [3.63, 3.8) is 0 Å². The summed E-state index contributed by atoms with van der Waals surface area (Å²) in [6, 6.07) is 1.22. The van der Waals surface area contributed by atoms with E-state index in [9.17, 15) is 9.18 Å². The Labute approximate surface area is 112 Å². The van der Waals surface area contributed by atoms with Crippen LogP contribution in [0.4, 0.5) is 10.2 Å². The Bertz CT molecular complexity index is 470. The van der Waals surface area contributed by atoms with E-state index in [4.69, 9.17) is 0 Å². The average molecular weight is 265 g/mol. The third kappa shape index (κ3) is 3.22. The monoisotopic (exact) mass is 265 g/mol. The summed E-state index contributed by atoms with van der Waals surface area (Å²) in [4.78, 5) is 16.2. The van der Waals surface area contributed by atoms with Gasteiger partial charge in [0.05, 0.1) is 11.8 Å². The van der Waals surface area contributed by atoms with Crippen LogP contribution in [-0.4, -0.2) is 23.5 Å². The van der Waals surface area contributed by atoms with Crippen molar-refractivity contribution in [1.29, 1.82) is 0 Å². The molecule has 104 valence electrons. The molecule has 19 heavy (non-hydrogen) atoms. The molecule has 1 fully saturated rings. The molecule has 1 aromatic rings. The number of hydrogen-bond acceptors (Lipinski definition) is 3. The molecule has 0 saturated heterocycles. The minimum atomic E-state index is -0.502. The Kier molecular flexibility index (Phi) is 4.02. The summed E-state index contributed by atoms with van der Waals surface area (Å²) in [5.74, 6) is -0.364. The zero-order chi connectivity index (χ0) is 13.9. The Morgan fingerprint density at radius 2 is 2.05 bits per heavy atom. The summed E-state index contributed by atoms with van der Waals surface area (Å²) in [7, 11) is 1.67. The SMILES string of the molecule is CNc1ncc(F)cc1C(=O)NC1(C)CCCCC1. The lowest BCUT2D eigenvalue weighted by Crippen LogP contribution is -2.47. The molecule has 0 aliphatic heterocycles. The van der Waals surface area contributed by atoms with Crippen LogP contribution < -0.4 is 10.6 Å². The molecule has 5 heteroatoms. The minimum Gasteiger partial charge on any atom is -0.372 e. The van der Waals surface area contributed by atoms with Crippen molar-refractivity contribution in [3.8, 4) is 0 Å². The van der Waals surface area contributed by atoms with Crippen LogP contribution in [0.25, 0.3) is 0 Å². The van der Waals surface area contributed by atoms with Gasteiger partial charge >= 0.3 is 0 Å². The zero-order valence-electron chi connectivity index (χ0n) is 11.4. The predicted octanol–water partition coefficient (Wildman–Crippen LogP) is 2.72. The number of aromatic nitrogens is 1. The first-order valence-corrected chi connectivity index (χ1v) is 6.70.